The molecule has 1 aromatic heterocycles. The van der Waals surface area contributed by atoms with Gasteiger partial charge in [0.2, 0.25) is 10.9 Å². The summed E-state index contributed by atoms with van der Waals surface area (Å²) in [6, 6.07) is 14.4. The molecule has 0 unspecified atom stereocenters. The van der Waals surface area contributed by atoms with E-state index in [9.17, 15) is 20.0 Å². The molecular formula is C27H22Cl2N4O7S. The van der Waals surface area contributed by atoms with Crippen LogP contribution in [0.15, 0.2) is 59.7 Å². The van der Waals surface area contributed by atoms with Gasteiger partial charge in [-0.15, -0.1) is 0 Å². The first-order chi connectivity index (χ1) is 19.7. The van der Waals surface area contributed by atoms with E-state index < -0.39 is 10.9 Å². The van der Waals surface area contributed by atoms with Crippen LogP contribution in [0.5, 0.6) is 17.2 Å². The number of carboxylic acids is 1. The lowest BCUT2D eigenvalue weighted by atomic mass is 10.1. The number of thiazole rings is 1. The number of aliphatic carboxylic acids is 1. The number of para-hydroxylation sites is 1. The van der Waals surface area contributed by atoms with Crippen molar-refractivity contribution < 1.29 is 29.0 Å². The number of nitro groups is 1. The molecule has 11 nitrogen and oxygen atoms in total. The summed E-state index contributed by atoms with van der Waals surface area (Å²) in [5.41, 5.74) is 4.13. The van der Waals surface area contributed by atoms with Gasteiger partial charge in [-0.05, 0) is 29.8 Å². The molecule has 0 aliphatic heterocycles. The van der Waals surface area contributed by atoms with Gasteiger partial charge < -0.3 is 19.3 Å². The van der Waals surface area contributed by atoms with E-state index in [-0.39, 0.29) is 28.5 Å². The topological polar surface area (TPSA) is 145 Å². The normalized spacial score (nSPS) is 11.2. The number of rotatable bonds is 11. The first kappa shape index (κ1) is 29.6. The lowest BCUT2D eigenvalue weighted by Crippen LogP contribution is -2.18. The molecule has 212 valence electrons. The fourth-order valence-corrected chi connectivity index (χ4v) is 5.14. The number of carbonyl (C=O) groups is 1. The van der Waals surface area contributed by atoms with E-state index in [1.807, 2.05) is 0 Å². The van der Waals surface area contributed by atoms with Crippen LogP contribution in [0.2, 0.25) is 10.0 Å². The Kier molecular flexibility index (Phi) is 9.28. The highest BCUT2D eigenvalue weighted by atomic mass is 35.5. The summed E-state index contributed by atoms with van der Waals surface area (Å²) >= 11 is 13.6. The maximum Gasteiger partial charge on any atom is 0.352 e. The minimum absolute atomic E-state index is 0.203. The van der Waals surface area contributed by atoms with Crippen molar-refractivity contribution in [3.8, 4) is 38.9 Å². The number of ether oxygens (including phenoxy) is 3. The highest BCUT2D eigenvalue weighted by Crippen LogP contribution is 2.46. The van der Waals surface area contributed by atoms with Crippen molar-refractivity contribution >= 4 is 57.0 Å². The van der Waals surface area contributed by atoms with Crippen molar-refractivity contribution in [1.82, 2.24) is 4.98 Å². The Balaban J connectivity index is 1.80. The number of benzene rings is 3. The molecule has 0 saturated heterocycles. The van der Waals surface area contributed by atoms with Crippen LogP contribution in [0.1, 0.15) is 5.56 Å². The first-order valence-electron chi connectivity index (χ1n) is 11.7. The Morgan fingerprint density at radius 2 is 1.71 bits per heavy atom. The van der Waals surface area contributed by atoms with Gasteiger partial charge in [0.25, 0.3) is 5.69 Å². The average Bonchev–Trinajstić information content (AvgIpc) is 3.40. The number of hydrogen-bond donors (Lipinski definition) is 2. The molecule has 0 saturated carbocycles. The Bertz CT molecular complexity index is 1630. The fourth-order valence-electron chi connectivity index (χ4n) is 3.91. The van der Waals surface area contributed by atoms with E-state index in [1.165, 1.54) is 50.9 Å². The second-order valence-electron chi connectivity index (χ2n) is 8.28. The van der Waals surface area contributed by atoms with E-state index in [0.29, 0.717) is 49.0 Å². The standard InChI is InChI=1S/C27H22Cl2N4O7S/c1-38-21-12-16(13-22(39-2)24(21)40-3)23-25(15-8-9-17(28)18(29)10-15)41-27(30-23)32-31-19(26(34)35)11-14-6-4-5-7-20(14)33(36)37/h4-10,12-13H,11H2,1-3H3,(H,30,32)(H,34,35). The Morgan fingerprint density at radius 3 is 2.29 bits per heavy atom. The molecule has 3 aromatic carbocycles. The molecule has 2 N–H and O–H groups in total. The van der Waals surface area contributed by atoms with Crippen LogP contribution >= 0.6 is 34.5 Å². The van der Waals surface area contributed by atoms with Crippen LogP contribution in [0.4, 0.5) is 10.8 Å². The molecule has 41 heavy (non-hydrogen) atoms. The first-order valence-corrected chi connectivity index (χ1v) is 13.3. The summed E-state index contributed by atoms with van der Waals surface area (Å²) in [7, 11) is 4.48. The van der Waals surface area contributed by atoms with Crippen molar-refractivity contribution in [3.05, 3.63) is 80.3 Å². The number of nitrogens with zero attached hydrogens (tertiary/aromatic N) is 3. The zero-order valence-electron chi connectivity index (χ0n) is 21.8. The van der Waals surface area contributed by atoms with Crippen molar-refractivity contribution in [2.24, 2.45) is 5.10 Å². The maximum atomic E-state index is 12.0. The number of hydrazone groups is 1. The number of hydrogen-bond acceptors (Lipinski definition) is 10. The molecule has 4 rings (SSSR count). The molecular weight excluding hydrogens is 595 g/mol. The highest BCUT2D eigenvalue weighted by molar-refractivity contribution is 7.19. The molecule has 0 aliphatic rings. The lowest BCUT2D eigenvalue weighted by molar-refractivity contribution is -0.385. The van der Waals surface area contributed by atoms with Gasteiger partial charge >= 0.3 is 5.97 Å². The molecule has 0 fully saturated rings. The quantitative estimate of drug-likeness (QED) is 0.105. The predicted octanol–water partition coefficient (Wildman–Crippen LogP) is 6.81. The van der Waals surface area contributed by atoms with Crippen molar-refractivity contribution in [2.45, 2.75) is 6.42 Å². The molecule has 4 aromatic rings. The molecule has 0 spiro atoms. The Hall–Kier alpha value is -4.39. The summed E-state index contributed by atoms with van der Waals surface area (Å²) in [4.78, 5) is 28.1. The SMILES string of the molecule is COc1cc(-c2nc(NN=C(Cc3ccccc3[N+](=O)[O-])C(=O)O)sc2-c2ccc(Cl)c(Cl)c2)cc(OC)c1OC. The van der Waals surface area contributed by atoms with Crippen LogP contribution in [-0.2, 0) is 11.2 Å². The van der Waals surface area contributed by atoms with Gasteiger partial charge in [0.1, 0.15) is 5.71 Å². The van der Waals surface area contributed by atoms with Crippen LogP contribution in [0, 0.1) is 10.1 Å². The molecule has 0 radical (unpaired) electrons. The number of halogens is 2. The Labute approximate surface area is 248 Å². The minimum Gasteiger partial charge on any atom is -0.493 e. The summed E-state index contributed by atoms with van der Waals surface area (Å²) in [5, 5.41) is 26.1. The van der Waals surface area contributed by atoms with Crippen molar-refractivity contribution in [3.63, 3.8) is 0 Å². The van der Waals surface area contributed by atoms with E-state index in [0.717, 1.165) is 0 Å². The van der Waals surface area contributed by atoms with E-state index in [4.69, 9.17) is 37.4 Å². The second kappa shape index (κ2) is 12.9. The summed E-state index contributed by atoms with van der Waals surface area (Å²) in [5.74, 6) is -0.143. The van der Waals surface area contributed by atoms with E-state index in [2.05, 4.69) is 15.5 Å². The number of carboxylic acid groups (broad SMARTS) is 1. The monoisotopic (exact) mass is 616 g/mol. The van der Waals surface area contributed by atoms with Crippen molar-refractivity contribution in [2.75, 3.05) is 26.8 Å². The predicted molar refractivity (Wildman–Crippen MR) is 158 cm³/mol. The third-order valence-corrected chi connectivity index (χ3v) is 7.57. The molecule has 0 bridgehead atoms. The zero-order chi connectivity index (χ0) is 29.7. The van der Waals surface area contributed by atoms with Gasteiger partial charge in [-0.25, -0.2) is 9.78 Å². The second-order valence-corrected chi connectivity index (χ2v) is 10.1. The van der Waals surface area contributed by atoms with E-state index >= 15 is 0 Å². The lowest BCUT2D eigenvalue weighted by Gasteiger charge is -2.14. The van der Waals surface area contributed by atoms with Gasteiger partial charge in [0, 0.05) is 23.6 Å². The third kappa shape index (κ3) is 6.51. The van der Waals surface area contributed by atoms with Crippen LogP contribution in [0.25, 0.3) is 21.7 Å². The summed E-state index contributed by atoms with van der Waals surface area (Å²) in [6.45, 7) is 0. The highest BCUT2D eigenvalue weighted by Gasteiger charge is 2.22. The number of aromatic nitrogens is 1. The van der Waals surface area contributed by atoms with Crippen LogP contribution in [-0.4, -0.2) is 48.0 Å². The number of anilines is 1. The molecule has 0 aliphatic carbocycles. The van der Waals surface area contributed by atoms with Gasteiger partial charge in [0.05, 0.1) is 46.9 Å². The number of nitro benzene ring substituents is 1. The Morgan fingerprint density at radius 1 is 1.02 bits per heavy atom. The van der Waals surface area contributed by atoms with Crippen LogP contribution in [0.3, 0.4) is 0 Å². The largest absolute Gasteiger partial charge is 0.493 e. The zero-order valence-corrected chi connectivity index (χ0v) is 24.1. The van der Waals surface area contributed by atoms with Gasteiger partial charge in [0.15, 0.2) is 11.5 Å². The van der Waals surface area contributed by atoms with Gasteiger partial charge in [-0.3, -0.25) is 15.5 Å². The van der Waals surface area contributed by atoms with Crippen molar-refractivity contribution in [1.29, 1.82) is 0 Å². The molecule has 0 amide bonds. The number of nitrogens with one attached hydrogen (secondary N) is 1. The van der Waals surface area contributed by atoms with Gasteiger partial charge in [-0.2, -0.15) is 5.10 Å². The number of methoxy groups -OCH3 is 3. The molecule has 1 heterocycles. The fraction of sp³-hybridized carbons (Fsp3) is 0.148. The minimum atomic E-state index is -1.35. The molecule has 14 heteroatoms. The third-order valence-electron chi connectivity index (χ3n) is 5.83. The van der Waals surface area contributed by atoms with Gasteiger partial charge in [-0.1, -0.05) is 58.8 Å². The smallest absolute Gasteiger partial charge is 0.352 e. The summed E-state index contributed by atoms with van der Waals surface area (Å²) in [6.07, 6.45) is -0.287. The summed E-state index contributed by atoms with van der Waals surface area (Å²) < 4.78 is 16.4. The maximum absolute atomic E-state index is 12.0. The average molecular weight is 617 g/mol. The van der Waals surface area contributed by atoms with E-state index in [1.54, 1.807) is 36.4 Å². The van der Waals surface area contributed by atoms with Crippen LogP contribution < -0.4 is 19.6 Å². The molecule has 0 atom stereocenters.